The van der Waals surface area contributed by atoms with Crippen LogP contribution in [0.15, 0.2) is 102 Å². The summed E-state index contributed by atoms with van der Waals surface area (Å²) in [7, 11) is -4.70. The molecule has 0 radical (unpaired) electrons. The summed E-state index contributed by atoms with van der Waals surface area (Å²) in [6.07, 6.45) is 10.4. The number of H-pyrrole nitrogens is 1. The van der Waals surface area contributed by atoms with Crippen LogP contribution in [0.4, 0.5) is 28.4 Å². The Morgan fingerprint density at radius 1 is 0.972 bits per heavy atom. The molecule has 71 heavy (non-hydrogen) atoms. The van der Waals surface area contributed by atoms with Crippen molar-refractivity contribution in [3.05, 3.63) is 130 Å². The zero-order valence-electron chi connectivity index (χ0n) is 39.8. The SMILES string of the molecule is CC(C)c1ccccc1[C@@H]1CCCN1C1CC2(CCN(c3ccc(C(=O)NS(=O)(=O)c4cc5c(c([N+](=O)[O-])c4)N[C@@H](Cc4ccccn4)CO5)c(N4c5cc6cc[nH]c6nc5O[C@@H]5COC[C@H]54)c3)CC2)C1. The predicted molar refractivity (Wildman–Crippen MR) is 268 cm³/mol. The lowest BCUT2D eigenvalue weighted by Gasteiger charge is -2.56. The molecule has 6 aliphatic rings. The van der Waals surface area contributed by atoms with E-state index in [0.717, 1.165) is 55.3 Å². The molecule has 8 heterocycles. The number of nitrogens with zero attached hydrogens (tertiary/aromatic N) is 6. The van der Waals surface area contributed by atoms with Crippen LogP contribution >= 0.6 is 0 Å². The van der Waals surface area contributed by atoms with Gasteiger partial charge in [-0.1, -0.05) is 44.2 Å². The minimum atomic E-state index is -4.70. The van der Waals surface area contributed by atoms with Gasteiger partial charge in [-0.2, -0.15) is 4.98 Å². The number of hydrogen-bond donors (Lipinski definition) is 3. The molecule has 3 aromatic heterocycles. The van der Waals surface area contributed by atoms with Crippen molar-refractivity contribution in [1.29, 1.82) is 0 Å². The van der Waals surface area contributed by atoms with Crippen molar-refractivity contribution >= 4 is 55.4 Å². The molecule has 18 heteroatoms. The molecule has 4 atom stereocenters. The van der Waals surface area contributed by atoms with Crippen molar-refractivity contribution in [3.8, 4) is 11.6 Å². The van der Waals surface area contributed by atoms with Gasteiger partial charge in [0.05, 0.1) is 46.4 Å². The molecule has 17 nitrogen and oxygen atoms in total. The van der Waals surface area contributed by atoms with Crippen molar-refractivity contribution < 1.29 is 32.3 Å². The summed E-state index contributed by atoms with van der Waals surface area (Å²) in [4.78, 5) is 45.6. The van der Waals surface area contributed by atoms with E-state index in [-0.39, 0.29) is 41.1 Å². The summed E-state index contributed by atoms with van der Waals surface area (Å²) in [6, 6.07) is 26.4. The van der Waals surface area contributed by atoms with Crippen molar-refractivity contribution in [2.75, 3.05) is 54.6 Å². The fraction of sp³-hybridized carbons (Fsp3) is 0.415. The number of nitrogens with one attached hydrogen (secondary N) is 3. The van der Waals surface area contributed by atoms with Crippen LogP contribution in [0, 0.1) is 15.5 Å². The Hall–Kier alpha value is -6.76. The number of likely N-dealkylation sites (tertiary alicyclic amines) is 1. The van der Waals surface area contributed by atoms with Crippen LogP contribution in [0.5, 0.6) is 11.6 Å². The Bertz CT molecular complexity index is 3150. The third-order valence-electron chi connectivity index (χ3n) is 15.8. The van der Waals surface area contributed by atoms with Crippen LogP contribution in [0.3, 0.4) is 0 Å². The number of carbonyl (C=O) groups excluding carboxylic acids is 1. The van der Waals surface area contributed by atoms with Crippen LogP contribution < -0.4 is 29.3 Å². The van der Waals surface area contributed by atoms with Crippen molar-refractivity contribution in [1.82, 2.24) is 24.6 Å². The number of aromatic nitrogens is 3. The zero-order chi connectivity index (χ0) is 48.6. The number of nitro benzene ring substituents is 1. The molecule has 5 aliphatic heterocycles. The Balaban J connectivity index is 0.828. The predicted octanol–water partition coefficient (Wildman–Crippen LogP) is 8.41. The van der Waals surface area contributed by atoms with Gasteiger partial charge in [0.25, 0.3) is 21.6 Å². The number of ether oxygens (including phenoxy) is 3. The van der Waals surface area contributed by atoms with Gasteiger partial charge >= 0.3 is 0 Å². The Labute approximate surface area is 412 Å². The third kappa shape index (κ3) is 8.28. The molecule has 1 aliphatic carbocycles. The highest BCUT2D eigenvalue weighted by Crippen LogP contribution is 2.55. The highest BCUT2D eigenvalue weighted by molar-refractivity contribution is 7.90. The van der Waals surface area contributed by atoms with Crippen LogP contribution in [0.2, 0.25) is 0 Å². The van der Waals surface area contributed by atoms with Gasteiger partial charge in [0.1, 0.15) is 24.0 Å². The van der Waals surface area contributed by atoms with Gasteiger partial charge in [0, 0.05) is 72.9 Å². The molecular formula is C53H57N9O8S. The van der Waals surface area contributed by atoms with Crippen molar-refractivity contribution in [2.24, 2.45) is 5.41 Å². The molecule has 0 unspecified atom stereocenters. The number of rotatable bonds is 11. The molecule has 3 N–H and O–H groups in total. The van der Waals surface area contributed by atoms with E-state index in [1.165, 1.54) is 42.9 Å². The van der Waals surface area contributed by atoms with Gasteiger partial charge in [-0.3, -0.25) is 24.8 Å². The number of benzene rings is 3. The maximum atomic E-state index is 14.7. The molecule has 3 aromatic carbocycles. The lowest BCUT2D eigenvalue weighted by molar-refractivity contribution is -0.384. The molecule has 0 bridgehead atoms. The summed E-state index contributed by atoms with van der Waals surface area (Å²) < 4.78 is 49.3. The first kappa shape index (κ1) is 45.4. The van der Waals surface area contributed by atoms with Gasteiger partial charge < -0.3 is 34.3 Å². The number of anilines is 4. The standard InChI is InChI=1S/C53H57N9O8S/c1-32(2)39-9-3-4-10-40(39)42-11-7-19-60(42)37-27-53(28-37)15-20-59(21-16-53)36-12-13-41(43(24-36)61-45-22-33-14-18-55-50(33)57-52(45)70-48-31-68-30-46(48)61)51(63)58-71(66,67)38-25-44(62(64)65)49-47(26-38)69-29-35(56-49)23-34-8-5-6-17-54-34/h3-6,8-10,12-14,17-18,22,24-26,32,35,37,42,46,48,56H,7,11,15-16,19-21,23,27-31H2,1-2H3,(H,55,57)(H,58,63)/t35-,42-,46+,48+/m0/s1. The molecule has 12 rings (SSSR count). The number of pyridine rings is 2. The average Bonchev–Trinajstić information content (AvgIpc) is 4.16. The summed E-state index contributed by atoms with van der Waals surface area (Å²) >= 11 is 0. The third-order valence-corrected chi connectivity index (χ3v) is 17.2. The zero-order valence-corrected chi connectivity index (χ0v) is 40.6. The van der Waals surface area contributed by atoms with Crippen molar-refractivity contribution in [3.63, 3.8) is 0 Å². The average molecular weight is 980 g/mol. The smallest absolute Gasteiger partial charge is 0.297 e. The molecule has 3 saturated heterocycles. The number of carbonyl (C=O) groups is 1. The van der Waals surface area contributed by atoms with E-state index in [1.807, 2.05) is 41.3 Å². The molecule has 4 fully saturated rings. The molecule has 1 spiro atoms. The Morgan fingerprint density at radius 3 is 2.61 bits per heavy atom. The minimum absolute atomic E-state index is 0.0107. The lowest BCUT2D eigenvalue weighted by atomic mass is 9.59. The number of nitro groups is 1. The molecular weight excluding hydrogens is 923 g/mol. The Morgan fingerprint density at radius 2 is 1.80 bits per heavy atom. The van der Waals surface area contributed by atoms with E-state index < -0.39 is 37.5 Å². The van der Waals surface area contributed by atoms with E-state index in [2.05, 4.69) is 67.9 Å². The summed E-state index contributed by atoms with van der Waals surface area (Å²) in [5.41, 5.74) is 6.27. The second-order valence-electron chi connectivity index (χ2n) is 20.5. The number of aromatic amines is 1. The van der Waals surface area contributed by atoms with Gasteiger partial charge in [0.15, 0.2) is 11.4 Å². The lowest BCUT2D eigenvalue weighted by Crippen LogP contribution is -2.55. The normalized spacial score (nSPS) is 22.8. The number of hydrogen-bond acceptors (Lipinski definition) is 14. The maximum absolute atomic E-state index is 14.7. The molecule has 1 saturated carbocycles. The first-order valence-electron chi connectivity index (χ1n) is 24.8. The molecule has 368 valence electrons. The first-order valence-corrected chi connectivity index (χ1v) is 26.3. The molecule has 1 amide bonds. The van der Waals surface area contributed by atoms with E-state index >= 15 is 0 Å². The fourth-order valence-electron chi connectivity index (χ4n) is 12.2. The van der Waals surface area contributed by atoms with E-state index in [4.69, 9.17) is 19.2 Å². The van der Waals surface area contributed by atoms with E-state index in [1.54, 1.807) is 24.5 Å². The van der Waals surface area contributed by atoms with Crippen LogP contribution in [0.1, 0.15) is 91.5 Å². The fourth-order valence-corrected chi connectivity index (χ4v) is 13.2. The topological polar surface area (TPSA) is 197 Å². The number of piperidine rings is 1. The molecule has 6 aromatic rings. The van der Waals surface area contributed by atoms with Gasteiger partial charge in [-0.05, 0) is 110 Å². The van der Waals surface area contributed by atoms with Crippen LogP contribution in [0.25, 0.3) is 11.0 Å². The van der Waals surface area contributed by atoms with Gasteiger partial charge in [-0.25, -0.2) is 13.1 Å². The second kappa shape index (κ2) is 17.8. The van der Waals surface area contributed by atoms with Crippen molar-refractivity contribution in [2.45, 2.75) is 99.9 Å². The number of amides is 1. The monoisotopic (exact) mass is 979 g/mol. The second-order valence-corrected chi connectivity index (χ2v) is 22.2. The van der Waals surface area contributed by atoms with E-state index in [0.29, 0.717) is 60.5 Å². The largest absolute Gasteiger partial charge is 0.489 e. The minimum Gasteiger partial charge on any atom is -0.489 e. The van der Waals surface area contributed by atoms with E-state index in [9.17, 15) is 23.3 Å². The maximum Gasteiger partial charge on any atom is 0.297 e. The summed E-state index contributed by atoms with van der Waals surface area (Å²) in [6.45, 7) is 8.10. The highest BCUT2D eigenvalue weighted by Gasteiger charge is 2.50. The summed E-state index contributed by atoms with van der Waals surface area (Å²) in [5.74, 6) is -0.0721. The van der Waals surface area contributed by atoms with Gasteiger partial charge in [0.2, 0.25) is 5.88 Å². The van der Waals surface area contributed by atoms with Gasteiger partial charge in [-0.15, -0.1) is 0 Å². The van der Waals surface area contributed by atoms with Crippen LogP contribution in [-0.2, 0) is 21.2 Å². The quantitative estimate of drug-likeness (QED) is 0.0826. The summed E-state index contributed by atoms with van der Waals surface area (Å²) in [5, 5.41) is 16.5. The Kier molecular flexibility index (Phi) is 11.4. The van der Waals surface area contributed by atoms with Crippen LogP contribution in [-0.4, -0.2) is 103 Å². The number of sulfonamides is 1. The first-order chi connectivity index (χ1) is 34.4. The highest BCUT2D eigenvalue weighted by atomic mass is 32.2. The number of fused-ring (bicyclic) bond motifs is 4.